The van der Waals surface area contributed by atoms with E-state index >= 15 is 0 Å². The van der Waals surface area contributed by atoms with Crippen molar-refractivity contribution in [1.29, 1.82) is 0 Å². The SMILES string of the molecule is COc1cc(CC(C)(C)Cl)cc(OC)c1OC. The Balaban J connectivity index is 3.18. The molecule has 1 aromatic rings. The summed E-state index contributed by atoms with van der Waals surface area (Å²) < 4.78 is 15.8. The lowest BCUT2D eigenvalue weighted by molar-refractivity contribution is 0.323. The lowest BCUT2D eigenvalue weighted by Crippen LogP contribution is -2.14. The van der Waals surface area contributed by atoms with E-state index in [2.05, 4.69) is 0 Å². The molecule has 0 aliphatic carbocycles. The molecule has 1 aromatic carbocycles. The van der Waals surface area contributed by atoms with E-state index in [-0.39, 0.29) is 4.87 Å². The molecule has 0 bridgehead atoms. The maximum absolute atomic E-state index is 6.22. The average molecular weight is 259 g/mol. The molecule has 0 saturated carbocycles. The molecule has 96 valence electrons. The predicted molar refractivity (Wildman–Crippen MR) is 69.7 cm³/mol. The van der Waals surface area contributed by atoms with Gasteiger partial charge in [0.15, 0.2) is 11.5 Å². The second kappa shape index (κ2) is 5.50. The fourth-order valence-electron chi connectivity index (χ4n) is 1.72. The first-order chi connectivity index (χ1) is 7.91. The van der Waals surface area contributed by atoms with Crippen LogP contribution in [0.2, 0.25) is 0 Å². The Labute approximate surface area is 108 Å². The number of hydrogen-bond acceptors (Lipinski definition) is 3. The minimum Gasteiger partial charge on any atom is -0.493 e. The van der Waals surface area contributed by atoms with Crippen molar-refractivity contribution >= 4 is 11.6 Å². The van der Waals surface area contributed by atoms with Gasteiger partial charge in [0.05, 0.1) is 21.3 Å². The largest absolute Gasteiger partial charge is 0.493 e. The lowest BCUT2D eigenvalue weighted by atomic mass is 10.0. The minimum absolute atomic E-state index is 0.301. The Morgan fingerprint density at radius 1 is 1.00 bits per heavy atom. The van der Waals surface area contributed by atoms with Gasteiger partial charge in [-0.1, -0.05) is 0 Å². The first-order valence-corrected chi connectivity index (χ1v) is 5.77. The van der Waals surface area contributed by atoms with E-state index in [0.29, 0.717) is 17.2 Å². The van der Waals surface area contributed by atoms with Crippen LogP contribution in [-0.4, -0.2) is 26.2 Å². The van der Waals surface area contributed by atoms with Gasteiger partial charge in [0.1, 0.15) is 0 Å². The maximum atomic E-state index is 6.22. The van der Waals surface area contributed by atoms with Gasteiger partial charge >= 0.3 is 0 Å². The first kappa shape index (κ1) is 14.0. The average Bonchev–Trinajstić information content (AvgIpc) is 2.25. The Kier molecular flexibility index (Phi) is 4.52. The molecule has 0 spiro atoms. The summed E-state index contributed by atoms with van der Waals surface area (Å²) >= 11 is 6.22. The van der Waals surface area contributed by atoms with Crippen molar-refractivity contribution in [2.45, 2.75) is 25.1 Å². The van der Waals surface area contributed by atoms with Crippen molar-refractivity contribution in [3.05, 3.63) is 17.7 Å². The summed E-state index contributed by atoms with van der Waals surface area (Å²) in [5.41, 5.74) is 1.06. The topological polar surface area (TPSA) is 27.7 Å². The molecule has 0 radical (unpaired) electrons. The highest BCUT2D eigenvalue weighted by Gasteiger charge is 2.18. The van der Waals surface area contributed by atoms with E-state index in [1.54, 1.807) is 21.3 Å². The number of rotatable bonds is 5. The molecule has 17 heavy (non-hydrogen) atoms. The summed E-state index contributed by atoms with van der Waals surface area (Å²) in [6.07, 6.45) is 0.727. The number of methoxy groups -OCH3 is 3. The van der Waals surface area contributed by atoms with Gasteiger partial charge < -0.3 is 14.2 Å². The summed E-state index contributed by atoms with van der Waals surface area (Å²) in [5.74, 6) is 1.91. The van der Waals surface area contributed by atoms with E-state index in [1.807, 2.05) is 26.0 Å². The molecule has 0 unspecified atom stereocenters. The molecule has 3 nitrogen and oxygen atoms in total. The number of alkyl halides is 1. The van der Waals surface area contributed by atoms with Crippen molar-refractivity contribution in [3.8, 4) is 17.2 Å². The summed E-state index contributed by atoms with van der Waals surface area (Å²) in [6, 6.07) is 3.84. The van der Waals surface area contributed by atoms with Gasteiger partial charge in [-0.2, -0.15) is 0 Å². The molecule has 0 aliphatic heterocycles. The van der Waals surface area contributed by atoms with Gasteiger partial charge in [0.25, 0.3) is 0 Å². The Morgan fingerprint density at radius 3 is 1.76 bits per heavy atom. The molecule has 0 N–H and O–H groups in total. The van der Waals surface area contributed by atoms with Crippen LogP contribution in [-0.2, 0) is 6.42 Å². The van der Waals surface area contributed by atoms with Crippen LogP contribution < -0.4 is 14.2 Å². The molecule has 0 heterocycles. The van der Waals surface area contributed by atoms with Crippen molar-refractivity contribution < 1.29 is 14.2 Å². The molecule has 0 amide bonds. The summed E-state index contributed by atoms with van der Waals surface area (Å²) in [6.45, 7) is 3.94. The van der Waals surface area contributed by atoms with Crippen LogP contribution in [0.5, 0.6) is 17.2 Å². The number of ether oxygens (including phenoxy) is 3. The monoisotopic (exact) mass is 258 g/mol. The van der Waals surface area contributed by atoms with Crippen molar-refractivity contribution in [2.75, 3.05) is 21.3 Å². The summed E-state index contributed by atoms with van der Waals surface area (Å²) in [7, 11) is 4.80. The molecule has 0 fully saturated rings. The molecule has 0 aliphatic rings. The predicted octanol–water partition coefficient (Wildman–Crippen LogP) is 3.27. The Hall–Kier alpha value is -1.09. The summed E-state index contributed by atoms with van der Waals surface area (Å²) in [5, 5.41) is 0. The van der Waals surface area contributed by atoms with Gasteiger partial charge in [0.2, 0.25) is 5.75 Å². The van der Waals surface area contributed by atoms with Crippen LogP contribution in [0.15, 0.2) is 12.1 Å². The van der Waals surface area contributed by atoms with E-state index in [0.717, 1.165) is 12.0 Å². The normalized spacial score (nSPS) is 11.2. The fourth-order valence-corrected chi connectivity index (χ4v) is 1.88. The minimum atomic E-state index is -0.301. The highest BCUT2D eigenvalue weighted by Crippen LogP contribution is 2.39. The zero-order chi connectivity index (χ0) is 13.1. The van der Waals surface area contributed by atoms with Crippen LogP contribution in [0.3, 0.4) is 0 Å². The molecule has 0 atom stereocenters. The van der Waals surface area contributed by atoms with Crippen LogP contribution in [0.25, 0.3) is 0 Å². The second-order valence-electron chi connectivity index (χ2n) is 4.43. The first-order valence-electron chi connectivity index (χ1n) is 5.39. The van der Waals surface area contributed by atoms with Crippen molar-refractivity contribution in [3.63, 3.8) is 0 Å². The van der Waals surface area contributed by atoms with E-state index in [9.17, 15) is 0 Å². The highest BCUT2D eigenvalue weighted by atomic mass is 35.5. The zero-order valence-electron chi connectivity index (χ0n) is 11.0. The van der Waals surface area contributed by atoms with E-state index in [1.165, 1.54) is 0 Å². The van der Waals surface area contributed by atoms with Crippen molar-refractivity contribution in [2.24, 2.45) is 0 Å². The maximum Gasteiger partial charge on any atom is 0.203 e. The van der Waals surface area contributed by atoms with Gasteiger partial charge in [-0.15, -0.1) is 11.6 Å². The third-order valence-corrected chi connectivity index (χ3v) is 2.48. The second-order valence-corrected chi connectivity index (χ2v) is 5.45. The molecule has 1 rings (SSSR count). The third kappa shape index (κ3) is 3.70. The van der Waals surface area contributed by atoms with Gasteiger partial charge in [-0.05, 0) is 38.0 Å². The molecule has 0 aromatic heterocycles. The smallest absolute Gasteiger partial charge is 0.203 e. The van der Waals surface area contributed by atoms with Gasteiger partial charge in [0, 0.05) is 4.87 Å². The number of hydrogen-bond donors (Lipinski definition) is 0. The highest BCUT2D eigenvalue weighted by molar-refractivity contribution is 6.23. The standard InChI is InChI=1S/C13H19ClO3/c1-13(2,14)8-9-6-10(15-3)12(17-5)11(7-9)16-4/h6-7H,8H2,1-5H3. The number of halogens is 1. The molecular formula is C13H19ClO3. The summed E-state index contributed by atoms with van der Waals surface area (Å²) in [4.78, 5) is -0.301. The quantitative estimate of drug-likeness (QED) is 0.759. The molecule has 4 heteroatoms. The van der Waals surface area contributed by atoms with Crippen molar-refractivity contribution in [1.82, 2.24) is 0 Å². The third-order valence-electron chi connectivity index (χ3n) is 2.35. The van der Waals surface area contributed by atoms with E-state index in [4.69, 9.17) is 25.8 Å². The van der Waals surface area contributed by atoms with Crippen LogP contribution in [0.4, 0.5) is 0 Å². The van der Waals surface area contributed by atoms with E-state index < -0.39 is 0 Å². The Morgan fingerprint density at radius 2 is 1.47 bits per heavy atom. The Bertz CT molecular complexity index is 358. The molecular weight excluding hydrogens is 240 g/mol. The van der Waals surface area contributed by atoms with Gasteiger partial charge in [-0.25, -0.2) is 0 Å². The van der Waals surface area contributed by atoms with Gasteiger partial charge in [-0.3, -0.25) is 0 Å². The van der Waals surface area contributed by atoms with Crippen LogP contribution >= 0.6 is 11.6 Å². The number of benzene rings is 1. The van der Waals surface area contributed by atoms with Crippen LogP contribution in [0, 0.1) is 0 Å². The van der Waals surface area contributed by atoms with Crippen LogP contribution in [0.1, 0.15) is 19.4 Å². The molecule has 0 saturated heterocycles. The lowest BCUT2D eigenvalue weighted by Gasteiger charge is -2.18. The fraction of sp³-hybridized carbons (Fsp3) is 0.538. The zero-order valence-corrected chi connectivity index (χ0v) is 11.7.